The van der Waals surface area contributed by atoms with E-state index in [0.717, 1.165) is 27.4 Å². The van der Waals surface area contributed by atoms with Crippen LogP contribution in [-0.4, -0.2) is 10.5 Å². The molecule has 3 aromatic carbocycles. The minimum atomic E-state index is 0.0149. The molecule has 4 aromatic rings. The van der Waals surface area contributed by atoms with E-state index in [1.54, 1.807) is 0 Å². The van der Waals surface area contributed by atoms with Crippen LogP contribution in [0.25, 0.3) is 21.8 Å². The lowest BCUT2D eigenvalue weighted by atomic mass is 10.1. The van der Waals surface area contributed by atoms with Crippen molar-refractivity contribution in [2.75, 3.05) is 0 Å². The van der Waals surface area contributed by atoms with Gasteiger partial charge in [0.05, 0.1) is 11.0 Å². The van der Waals surface area contributed by atoms with Crippen molar-refractivity contribution in [2.45, 2.75) is 6.92 Å². The van der Waals surface area contributed by atoms with Crippen LogP contribution in [0.3, 0.4) is 0 Å². The topological polar surface area (TPSA) is 22.0 Å². The maximum atomic E-state index is 13.1. The van der Waals surface area contributed by atoms with E-state index in [9.17, 15) is 4.79 Å². The lowest BCUT2D eigenvalue weighted by molar-refractivity contribution is 0.0969. The fourth-order valence-electron chi connectivity index (χ4n) is 3.05. The van der Waals surface area contributed by atoms with Crippen molar-refractivity contribution in [3.05, 3.63) is 83.9 Å². The molecule has 0 amide bonds. The van der Waals surface area contributed by atoms with Gasteiger partial charge in [-0.3, -0.25) is 9.36 Å². The summed E-state index contributed by atoms with van der Waals surface area (Å²) >= 11 is 0. The zero-order valence-corrected chi connectivity index (χ0v) is 12.3. The largest absolute Gasteiger partial charge is 0.276 e. The summed E-state index contributed by atoms with van der Waals surface area (Å²) in [4.78, 5) is 13.1. The number of nitrogens with zero attached hydrogens (tertiary/aromatic N) is 1. The van der Waals surface area contributed by atoms with Gasteiger partial charge in [0, 0.05) is 16.3 Å². The fraction of sp³-hybridized carbons (Fsp3) is 0.0500. The van der Waals surface area contributed by atoms with E-state index in [1.807, 2.05) is 72.2 Å². The number of aromatic nitrogens is 1. The summed E-state index contributed by atoms with van der Waals surface area (Å²) in [6.45, 7) is 2.00. The minimum Gasteiger partial charge on any atom is -0.276 e. The van der Waals surface area contributed by atoms with E-state index in [-0.39, 0.29) is 5.91 Å². The highest BCUT2D eigenvalue weighted by Gasteiger charge is 2.16. The zero-order valence-electron chi connectivity index (χ0n) is 12.3. The molecule has 0 N–H and O–H groups in total. The van der Waals surface area contributed by atoms with Gasteiger partial charge in [-0.15, -0.1) is 0 Å². The van der Waals surface area contributed by atoms with Crippen LogP contribution in [0.1, 0.15) is 15.9 Å². The highest BCUT2D eigenvalue weighted by molar-refractivity contribution is 6.16. The van der Waals surface area contributed by atoms with Crippen LogP contribution in [0.2, 0.25) is 0 Å². The van der Waals surface area contributed by atoms with Crippen molar-refractivity contribution in [2.24, 2.45) is 0 Å². The molecular formula is C20H15NO. The van der Waals surface area contributed by atoms with Crippen LogP contribution in [0.15, 0.2) is 72.8 Å². The van der Waals surface area contributed by atoms with E-state index < -0.39 is 0 Å². The summed E-state index contributed by atoms with van der Waals surface area (Å²) in [7, 11) is 0. The number of aryl methyl sites for hydroxylation is 1. The van der Waals surface area contributed by atoms with E-state index in [1.165, 1.54) is 0 Å². The number of hydrogen-bond acceptors (Lipinski definition) is 1. The van der Waals surface area contributed by atoms with Gasteiger partial charge in [0.2, 0.25) is 0 Å². The van der Waals surface area contributed by atoms with Crippen LogP contribution in [-0.2, 0) is 0 Å². The average molecular weight is 285 g/mol. The summed E-state index contributed by atoms with van der Waals surface area (Å²) < 4.78 is 1.82. The number of carbonyl (C=O) groups excluding carboxylic acids is 1. The maximum absolute atomic E-state index is 13.1. The molecule has 1 aromatic heterocycles. The van der Waals surface area contributed by atoms with Crippen molar-refractivity contribution < 1.29 is 4.79 Å². The Morgan fingerprint density at radius 2 is 1.36 bits per heavy atom. The van der Waals surface area contributed by atoms with Gasteiger partial charge in [0.25, 0.3) is 5.91 Å². The van der Waals surface area contributed by atoms with Crippen LogP contribution >= 0.6 is 0 Å². The molecule has 0 atom stereocenters. The summed E-state index contributed by atoms with van der Waals surface area (Å²) in [6, 6.07) is 23.8. The van der Waals surface area contributed by atoms with Gasteiger partial charge in [-0.1, -0.05) is 54.1 Å². The van der Waals surface area contributed by atoms with Crippen LogP contribution in [0.5, 0.6) is 0 Å². The Morgan fingerprint density at radius 3 is 1.95 bits per heavy atom. The third-order valence-corrected chi connectivity index (χ3v) is 4.05. The summed E-state index contributed by atoms with van der Waals surface area (Å²) in [5.74, 6) is 0.0149. The lowest BCUT2D eigenvalue weighted by Gasteiger charge is -2.07. The number of hydrogen-bond donors (Lipinski definition) is 0. The maximum Gasteiger partial charge on any atom is 0.262 e. The number of rotatable bonds is 1. The first-order valence-corrected chi connectivity index (χ1v) is 7.35. The fourth-order valence-corrected chi connectivity index (χ4v) is 3.05. The Bertz CT molecular complexity index is 957. The molecule has 0 spiro atoms. The van der Waals surface area contributed by atoms with E-state index >= 15 is 0 Å². The molecule has 22 heavy (non-hydrogen) atoms. The molecule has 0 bridgehead atoms. The molecule has 0 aliphatic heterocycles. The van der Waals surface area contributed by atoms with Crippen molar-refractivity contribution in [1.29, 1.82) is 0 Å². The van der Waals surface area contributed by atoms with Gasteiger partial charge in [-0.05, 0) is 31.2 Å². The molecule has 0 aliphatic carbocycles. The van der Waals surface area contributed by atoms with Crippen LogP contribution in [0, 0.1) is 6.92 Å². The van der Waals surface area contributed by atoms with Gasteiger partial charge in [0.15, 0.2) is 0 Å². The Hall–Kier alpha value is -2.87. The molecule has 0 unspecified atom stereocenters. The molecule has 106 valence electrons. The van der Waals surface area contributed by atoms with E-state index in [0.29, 0.717) is 5.56 Å². The van der Waals surface area contributed by atoms with E-state index in [2.05, 4.69) is 12.1 Å². The van der Waals surface area contributed by atoms with E-state index in [4.69, 9.17) is 0 Å². The predicted molar refractivity (Wildman–Crippen MR) is 90.4 cm³/mol. The van der Waals surface area contributed by atoms with Crippen LogP contribution < -0.4 is 0 Å². The molecule has 1 heterocycles. The first kappa shape index (κ1) is 12.8. The van der Waals surface area contributed by atoms with Gasteiger partial charge in [-0.2, -0.15) is 0 Å². The summed E-state index contributed by atoms with van der Waals surface area (Å²) in [5.41, 5.74) is 3.71. The van der Waals surface area contributed by atoms with Crippen molar-refractivity contribution >= 4 is 27.7 Å². The monoisotopic (exact) mass is 285 g/mol. The second kappa shape index (κ2) is 4.85. The normalized spacial score (nSPS) is 11.1. The van der Waals surface area contributed by atoms with Crippen molar-refractivity contribution in [3.63, 3.8) is 0 Å². The van der Waals surface area contributed by atoms with Gasteiger partial charge < -0.3 is 0 Å². The second-order valence-corrected chi connectivity index (χ2v) is 5.54. The molecular weight excluding hydrogens is 270 g/mol. The quantitative estimate of drug-likeness (QED) is 0.493. The van der Waals surface area contributed by atoms with Crippen molar-refractivity contribution in [3.8, 4) is 0 Å². The average Bonchev–Trinajstić information content (AvgIpc) is 2.89. The molecule has 0 aliphatic rings. The first-order chi connectivity index (χ1) is 10.8. The Labute approximate surface area is 128 Å². The molecule has 4 rings (SSSR count). The lowest BCUT2D eigenvalue weighted by Crippen LogP contribution is -2.11. The highest BCUT2D eigenvalue weighted by atomic mass is 16.2. The predicted octanol–water partition coefficient (Wildman–Crippen LogP) is 4.79. The summed E-state index contributed by atoms with van der Waals surface area (Å²) in [6.07, 6.45) is 0. The van der Waals surface area contributed by atoms with Crippen LogP contribution in [0.4, 0.5) is 0 Å². The Morgan fingerprint density at radius 1 is 0.773 bits per heavy atom. The number of fused-ring (bicyclic) bond motifs is 3. The standard InChI is InChI=1S/C20H15NO/c1-14-7-6-8-15(13-14)20(22)21-18-11-4-2-9-16(18)17-10-3-5-12-19(17)21/h2-13H,1H3. The highest BCUT2D eigenvalue weighted by Crippen LogP contribution is 2.29. The molecule has 0 saturated heterocycles. The Kier molecular flexibility index (Phi) is 2.83. The SMILES string of the molecule is Cc1cccc(C(=O)n2c3ccccc3c3ccccc32)c1. The molecule has 0 saturated carbocycles. The first-order valence-electron chi connectivity index (χ1n) is 7.35. The third kappa shape index (κ3) is 1.85. The van der Waals surface area contributed by atoms with Gasteiger partial charge in [-0.25, -0.2) is 0 Å². The second-order valence-electron chi connectivity index (χ2n) is 5.54. The molecule has 0 radical (unpaired) electrons. The Balaban J connectivity index is 2.06. The minimum absolute atomic E-state index is 0.0149. The summed E-state index contributed by atoms with van der Waals surface area (Å²) in [5, 5.41) is 2.22. The molecule has 0 fully saturated rings. The van der Waals surface area contributed by atoms with Crippen molar-refractivity contribution in [1.82, 2.24) is 4.57 Å². The number of benzene rings is 3. The molecule has 2 nitrogen and oxygen atoms in total. The van der Waals surface area contributed by atoms with Gasteiger partial charge >= 0.3 is 0 Å². The molecule has 2 heteroatoms. The third-order valence-electron chi connectivity index (χ3n) is 4.05. The number of carbonyl (C=O) groups is 1. The zero-order chi connectivity index (χ0) is 15.1. The van der Waals surface area contributed by atoms with Gasteiger partial charge in [0.1, 0.15) is 0 Å². The number of para-hydroxylation sites is 2. The smallest absolute Gasteiger partial charge is 0.262 e.